The van der Waals surface area contributed by atoms with E-state index in [1.165, 1.54) is 18.3 Å². The Morgan fingerprint density at radius 1 is 1.24 bits per heavy atom. The Labute approximate surface area is 167 Å². The summed E-state index contributed by atoms with van der Waals surface area (Å²) in [6, 6.07) is 11.5. The van der Waals surface area contributed by atoms with Crippen LogP contribution < -0.4 is 11.2 Å². The van der Waals surface area contributed by atoms with Crippen molar-refractivity contribution in [2.75, 3.05) is 19.7 Å². The fourth-order valence-corrected chi connectivity index (χ4v) is 3.76. The first-order valence-corrected chi connectivity index (χ1v) is 9.50. The van der Waals surface area contributed by atoms with Crippen LogP contribution in [0.5, 0.6) is 0 Å². The molecule has 1 amide bonds. The number of primary amides is 1. The molecule has 0 aliphatic carbocycles. The lowest BCUT2D eigenvalue weighted by atomic mass is 10.1. The zero-order valence-corrected chi connectivity index (χ0v) is 16.1. The van der Waals surface area contributed by atoms with E-state index in [0.29, 0.717) is 29.7 Å². The third kappa shape index (κ3) is 3.92. The van der Waals surface area contributed by atoms with Crippen molar-refractivity contribution in [1.82, 2.24) is 9.47 Å². The number of rotatable bonds is 4. The van der Waals surface area contributed by atoms with Gasteiger partial charge in [-0.1, -0.05) is 6.07 Å². The Kier molecular flexibility index (Phi) is 5.17. The quantitative estimate of drug-likeness (QED) is 0.736. The maximum atomic E-state index is 13.3. The number of ether oxygens (including phenoxy) is 1. The standard InChI is InChI=1S/C22H22FN3O3/c1-14-11-25(8-9-29-14)12-15-2-7-20-18(10-15)21(27)19(22(24)28)13-26(20)17-5-3-16(23)4-6-17/h2-7,10,13-14H,8-9,11-12H2,1H3,(H2,24,28). The third-order valence-corrected chi connectivity index (χ3v) is 5.17. The van der Waals surface area contributed by atoms with Crippen LogP contribution in [0, 0.1) is 5.82 Å². The van der Waals surface area contributed by atoms with Gasteiger partial charge in [0.15, 0.2) is 0 Å². The summed E-state index contributed by atoms with van der Waals surface area (Å²) in [5, 5.41) is 0.407. The Morgan fingerprint density at radius 2 is 2.00 bits per heavy atom. The van der Waals surface area contributed by atoms with Crippen molar-refractivity contribution >= 4 is 16.8 Å². The van der Waals surface area contributed by atoms with Crippen molar-refractivity contribution in [2.45, 2.75) is 19.6 Å². The fourth-order valence-electron chi connectivity index (χ4n) is 3.76. The Balaban J connectivity index is 1.82. The molecule has 0 bridgehead atoms. The van der Waals surface area contributed by atoms with Gasteiger partial charge in [0.25, 0.3) is 5.91 Å². The van der Waals surface area contributed by atoms with Crippen molar-refractivity contribution < 1.29 is 13.9 Å². The summed E-state index contributed by atoms with van der Waals surface area (Å²) < 4.78 is 20.6. The Bertz CT molecular complexity index is 1120. The number of fused-ring (bicyclic) bond motifs is 1. The minimum atomic E-state index is -0.792. The van der Waals surface area contributed by atoms with E-state index in [2.05, 4.69) is 4.90 Å². The van der Waals surface area contributed by atoms with E-state index in [-0.39, 0.29) is 17.5 Å². The summed E-state index contributed by atoms with van der Waals surface area (Å²) >= 11 is 0. The number of hydrogen-bond donors (Lipinski definition) is 1. The van der Waals surface area contributed by atoms with Gasteiger partial charge in [0.2, 0.25) is 5.43 Å². The van der Waals surface area contributed by atoms with Crippen molar-refractivity contribution in [3.8, 4) is 5.69 Å². The highest BCUT2D eigenvalue weighted by Gasteiger charge is 2.18. The van der Waals surface area contributed by atoms with E-state index in [0.717, 1.165) is 18.7 Å². The average molecular weight is 395 g/mol. The number of pyridine rings is 1. The SMILES string of the molecule is CC1CN(Cc2ccc3c(c2)c(=O)c(C(N)=O)cn3-c2ccc(F)cc2)CCO1. The second-order valence-electron chi connectivity index (χ2n) is 7.35. The molecule has 3 aromatic rings. The monoisotopic (exact) mass is 395 g/mol. The summed E-state index contributed by atoms with van der Waals surface area (Å²) in [5.41, 5.74) is 7.18. The van der Waals surface area contributed by atoms with Crippen LogP contribution in [0.1, 0.15) is 22.8 Å². The van der Waals surface area contributed by atoms with Gasteiger partial charge in [-0.15, -0.1) is 0 Å². The summed E-state index contributed by atoms with van der Waals surface area (Å²) in [5.74, 6) is -1.16. The lowest BCUT2D eigenvalue weighted by Crippen LogP contribution is -2.40. The second kappa shape index (κ2) is 7.77. The van der Waals surface area contributed by atoms with Crippen molar-refractivity contribution in [1.29, 1.82) is 0 Å². The van der Waals surface area contributed by atoms with Crippen LogP contribution in [0.25, 0.3) is 16.6 Å². The second-order valence-corrected chi connectivity index (χ2v) is 7.35. The molecule has 2 N–H and O–H groups in total. The molecule has 1 aliphatic heterocycles. The van der Waals surface area contributed by atoms with E-state index in [4.69, 9.17) is 10.5 Å². The number of aromatic nitrogens is 1. The number of benzene rings is 2. The van der Waals surface area contributed by atoms with Crippen molar-refractivity contribution in [3.63, 3.8) is 0 Å². The van der Waals surface area contributed by atoms with Crippen LogP contribution in [-0.4, -0.2) is 41.2 Å². The highest BCUT2D eigenvalue weighted by molar-refractivity contribution is 5.96. The zero-order chi connectivity index (χ0) is 20.5. The molecule has 1 fully saturated rings. The molecule has 150 valence electrons. The average Bonchev–Trinajstić information content (AvgIpc) is 2.69. The van der Waals surface area contributed by atoms with Gasteiger partial charge in [-0.25, -0.2) is 4.39 Å². The Hall–Kier alpha value is -3.03. The van der Waals surface area contributed by atoms with Gasteiger partial charge >= 0.3 is 0 Å². The van der Waals surface area contributed by atoms with Crippen LogP contribution in [-0.2, 0) is 11.3 Å². The molecule has 1 aromatic heterocycles. The summed E-state index contributed by atoms with van der Waals surface area (Å²) in [6.45, 7) is 5.04. The third-order valence-electron chi connectivity index (χ3n) is 5.17. The molecule has 1 saturated heterocycles. The highest BCUT2D eigenvalue weighted by atomic mass is 19.1. The largest absolute Gasteiger partial charge is 0.376 e. The molecule has 2 aromatic carbocycles. The number of carbonyl (C=O) groups is 1. The van der Waals surface area contributed by atoms with E-state index in [1.807, 2.05) is 25.1 Å². The van der Waals surface area contributed by atoms with E-state index in [1.54, 1.807) is 16.7 Å². The first-order chi connectivity index (χ1) is 13.9. The molecule has 7 heteroatoms. The molecule has 1 aliphatic rings. The number of nitrogens with two attached hydrogens (primary N) is 1. The molecule has 1 atom stereocenters. The van der Waals surface area contributed by atoms with Crippen molar-refractivity contribution in [2.24, 2.45) is 5.73 Å². The normalized spacial score (nSPS) is 17.5. The van der Waals surface area contributed by atoms with Gasteiger partial charge in [0.05, 0.1) is 18.2 Å². The number of halogens is 1. The fraction of sp³-hybridized carbons (Fsp3) is 0.273. The minimum absolute atomic E-state index is 0.0982. The summed E-state index contributed by atoms with van der Waals surface area (Å²) in [4.78, 5) is 27.0. The van der Waals surface area contributed by atoms with E-state index >= 15 is 0 Å². The smallest absolute Gasteiger partial charge is 0.254 e. The number of morpholine rings is 1. The highest BCUT2D eigenvalue weighted by Crippen LogP contribution is 2.21. The van der Waals surface area contributed by atoms with Gasteiger partial charge in [0, 0.05) is 36.9 Å². The van der Waals surface area contributed by atoms with Crippen molar-refractivity contribution in [3.05, 3.63) is 75.8 Å². The first kappa shape index (κ1) is 19.3. The molecule has 0 radical (unpaired) electrons. The van der Waals surface area contributed by atoms with Gasteiger partial charge < -0.3 is 15.0 Å². The molecule has 0 saturated carbocycles. The molecule has 4 rings (SSSR count). The predicted molar refractivity (Wildman–Crippen MR) is 109 cm³/mol. The van der Waals surface area contributed by atoms with Gasteiger partial charge in [-0.2, -0.15) is 0 Å². The molecular formula is C22H22FN3O3. The summed E-state index contributed by atoms with van der Waals surface area (Å²) in [7, 11) is 0. The molecule has 29 heavy (non-hydrogen) atoms. The molecule has 1 unspecified atom stereocenters. The predicted octanol–water partition coefficient (Wildman–Crippen LogP) is 2.45. The maximum Gasteiger partial charge on any atom is 0.254 e. The zero-order valence-electron chi connectivity index (χ0n) is 16.1. The topological polar surface area (TPSA) is 77.6 Å². The number of amides is 1. The minimum Gasteiger partial charge on any atom is -0.376 e. The van der Waals surface area contributed by atoms with E-state index < -0.39 is 11.3 Å². The van der Waals surface area contributed by atoms with Gasteiger partial charge in [-0.05, 0) is 48.9 Å². The lowest BCUT2D eigenvalue weighted by molar-refractivity contribution is -0.0211. The molecular weight excluding hydrogens is 373 g/mol. The molecule has 6 nitrogen and oxygen atoms in total. The van der Waals surface area contributed by atoms with Crippen LogP contribution in [0.15, 0.2) is 53.5 Å². The number of carbonyl (C=O) groups excluding carboxylic acids is 1. The van der Waals surface area contributed by atoms with Gasteiger partial charge in [0.1, 0.15) is 11.4 Å². The maximum absolute atomic E-state index is 13.3. The van der Waals surface area contributed by atoms with Crippen LogP contribution in [0.4, 0.5) is 4.39 Å². The first-order valence-electron chi connectivity index (χ1n) is 9.50. The van der Waals surface area contributed by atoms with Gasteiger partial charge in [-0.3, -0.25) is 14.5 Å². The number of hydrogen-bond acceptors (Lipinski definition) is 4. The van der Waals surface area contributed by atoms with Crippen LogP contribution in [0.2, 0.25) is 0 Å². The Morgan fingerprint density at radius 3 is 2.69 bits per heavy atom. The molecule has 2 heterocycles. The summed E-state index contributed by atoms with van der Waals surface area (Å²) in [6.07, 6.45) is 1.59. The van der Waals surface area contributed by atoms with Crippen LogP contribution >= 0.6 is 0 Å². The van der Waals surface area contributed by atoms with E-state index in [9.17, 15) is 14.0 Å². The molecule has 0 spiro atoms. The number of nitrogens with zero attached hydrogens (tertiary/aromatic N) is 2. The van der Waals surface area contributed by atoms with Crippen LogP contribution in [0.3, 0.4) is 0 Å². The lowest BCUT2D eigenvalue weighted by Gasteiger charge is -2.31.